The van der Waals surface area contributed by atoms with Crippen LogP contribution in [0.5, 0.6) is 0 Å². The Hall–Kier alpha value is -2.16. The highest BCUT2D eigenvalue weighted by atomic mass is 16.7. The number of rotatable bonds is 9. The number of nitrogens with two attached hydrogens (primary N) is 1. The molecule has 1 aromatic carbocycles. The van der Waals surface area contributed by atoms with Gasteiger partial charge in [0.15, 0.2) is 0 Å². The highest BCUT2D eigenvalue weighted by Crippen LogP contribution is 2.65. The molecule has 3 aliphatic carbocycles. The van der Waals surface area contributed by atoms with E-state index in [-0.39, 0.29) is 29.0 Å². The molecule has 3 N–H and O–H groups in total. The fourth-order valence-corrected chi connectivity index (χ4v) is 6.69. The SMILES string of the molecule is Cn1ccnc1CC(N)C(=O)N[C@@H](CCCc1ccccc1)B1O[C@@H]2C[C@@H]3C[C@@H](C3(C)C)[C@]2(C)O1. The molecular weight excluding hydrogens is 439 g/mol. The van der Waals surface area contributed by atoms with Gasteiger partial charge in [0.2, 0.25) is 5.91 Å². The first kappa shape index (κ1) is 24.5. The van der Waals surface area contributed by atoms with Crippen LogP contribution in [0.4, 0.5) is 0 Å². The predicted octanol–water partition coefficient (Wildman–Crippen LogP) is 3.07. The summed E-state index contributed by atoms with van der Waals surface area (Å²) in [6, 6.07) is 9.76. The first-order valence-corrected chi connectivity index (χ1v) is 13.1. The molecule has 1 aliphatic heterocycles. The Morgan fingerprint density at radius 3 is 2.74 bits per heavy atom. The van der Waals surface area contributed by atoms with Crippen molar-refractivity contribution in [1.29, 1.82) is 0 Å². The number of aryl methyl sites for hydroxylation is 2. The van der Waals surface area contributed by atoms with Gasteiger partial charge in [0, 0.05) is 25.9 Å². The smallest absolute Gasteiger partial charge is 0.404 e. The lowest BCUT2D eigenvalue weighted by Gasteiger charge is -2.64. The van der Waals surface area contributed by atoms with Crippen LogP contribution in [-0.4, -0.2) is 46.3 Å². The monoisotopic (exact) mass is 478 g/mol. The van der Waals surface area contributed by atoms with Gasteiger partial charge < -0.3 is 24.9 Å². The van der Waals surface area contributed by atoms with Crippen molar-refractivity contribution in [3.8, 4) is 0 Å². The molecule has 1 unspecified atom stereocenters. The molecule has 0 radical (unpaired) electrons. The molecule has 1 aromatic heterocycles. The molecule has 35 heavy (non-hydrogen) atoms. The van der Waals surface area contributed by atoms with Crippen LogP contribution in [0.15, 0.2) is 42.7 Å². The maximum Gasteiger partial charge on any atom is 0.481 e. The second-order valence-corrected chi connectivity index (χ2v) is 11.6. The van der Waals surface area contributed by atoms with Crippen molar-refractivity contribution in [1.82, 2.24) is 14.9 Å². The van der Waals surface area contributed by atoms with Crippen LogP contribution in [0.3, 0.4) is 0 Å². The lowest BCUT2D eigenvalue weighted by Crippen LogP contribution is -2.65. The van der Waals surface area contributed by atoms with E-state index in [1.165, 1.54) is 12.0 Å². The van der Waals surface area contributed by atoms with Gasteiger partial charge in [-0.3, -0.25) is 4.79 Å². The van der Waals surface area contributed by atoms with Crippen LogP contribution >= 0.6 is 0 Å². The maximum absolute atomic E-state index is 13.2. The van der Waals surface area contributed by atoms with E-state index in [1.807, 2.05) is 23.9 Å². The Kier molecular flexibility index (Phi) is 6.57. The van der Waals surface area contributed by atoms with Gasteiger partial charge in [-0.2, -0.15) is 0 Å². The fraction of sp³-hybridized carbons (Fsp3) is 0.630. The number of aromatic nitrogens is 2. The summed E-state index contributed by atoms with van der Waals surface area (Å²) in [5, 5.41) is 3.20. The van der Waals surface area contributed by atoms with Crippen molar-refractivity contribution < 1.29 is 14.1 Å². The molecule has 8 heteroatoms. The van der Waals surface area contributed by atoms with E-state index in [2.05, 4.69) is 55.3 Å². The summed E-state index contributed by atoms with van der Waals surface area (Å²) in [4.78, 5) is 17.5. The number of benzene rings is 1. The molecule has 188 valence electrons. The van der Waals surface area contributed by atoms with Crippen molar-refractivity contribution in [3.63, 3.8) is 0 Å². The number of carbonyl (C=O) groups excluding carboxylic acids is 1. The number of imidazole rings is 1. The Bertz CT molecular complexity index is 1040. The van der Waals surface area contributed by atoms with Gasteiger partial charge in [-0.1, -0.05) is 44.2 Å². The van der Waals surface area contributed by atoms with E-state index >= 15 is 0 Å². The van der Waals surface area contributed by atoms with Gasteiger partial charge in [-0.05, 0) is 61.8 Å². The molecule has 1 saturated heterocycles. The average molecular weight is 478 g/mol. The lowest BCUT2D eigenvalue weighted by molar-refractivity contribution is -0.199. The molecule has 4 fully saturated rings. The molecule has 0 spiro atoms. The summed E-state index contributed by atoms with van der Waals surface area (Å²) in [6.07, 6.45) is 8.92. The normalized spacial score (nSPS) is 30.3. The van der Waals surface area contributed by atoms with Gasteiger partial charge >= 0.3 is 7.12 Å². The molecule has 6 atom stereocenters. The van der Waals surface area contributed by atoms with E-state index in [4.69, 9.17) is 15.0 Å². The molecule has 2 aromatic rings. The van der Waals surface area contributed by atoms with Gasteiger partial charge in [0.1, 0.15) is 5.82 Å². The van der Waals surface area contributed by atoms with Gasteiger partial charge in [-0.25, -0.2) is 4.98 Å². The average Bonchev–Trinajstić information content (AvgIpc) is 3.40. The summed E-state index contributed by atoms with van der Waals surface area (Å²) in [7, 11) is 1.45. The Balaban J connectivity index is 1.27. The third-order valence-corrected chi connectivity index (χ3v) is 9.11. The topological polar surface area (TPSA) is 91.4 Å². The van der Waals surface area contributed by atoms with Gasteiger partial charge in [-0.15, -0.1) is 0 Å². The van der Waals surface area contributed by atoms with Crippen LogP contribution in [0.1, 0.15) is 57.8 Å². The van der Waals surface area contributed by atoms with E-state index in [1.54, 1.807) is 6.20 Å². The highest BCUT2D eigenvalue weighted by molar-refractivity contribution is 6.47. The van der Waals surface area contributed by atoms with E-state index in [0.717, 1.165) is 31.5 Å². The zero-order valence-corrected chi connectivity index (χ0v) is 21.4. The number of carbonyl (C=O) groups is 1. The lowest BCUT2D eigenvalue weighted by atomic mass is 9.43. The minimum atomic E-state index is -0.682. The Morgan fingerprint density at radius 1 is 1.29 bits per heavy atom. The molecular formula is C27H39BN4O3. The second kappa shape index (κ2) is 9.38. The Morgan fingerprint density at radius 2 is 2.06 bits per heavy atom. The quantitative estimate of drug-likeness (QED) is 0.541. The van der Waals surface area contributed by atoms with Crippen molar-refractivity contribution in [2.24, 2.45) is 30.0 Å². The minimum absolute atomic E-state index is 0.0824. The molecule has 6 rings (SSSR count). The Labute approximate surface area is 209 Å². The maximum atomic E-state index is 13.2. The number of nitrogens with zero attached hydrogens (tertiary/aromatic N) is 2. The van der Waals surface area contributed by atoms with Crippen LogP contribution in [0.25, 0.3) is 0 Å². The largest absolute Gasteiger partial charge is 0.481 e. The third-order valence-electron chi connectivity index (χ3n) is 9.11. The first-order valence-electron chi connectivity index (χ1n) is 13.1. The summed E-state index contributed by atoms with van der Waals surface area (Å²) < 4.78 is 15.1. The van der Waals surface area contributed by atoms with Crippen LogP contribution in [0.2, 0.25) is 0 Å². The van der Waals surface area contributed by atoms with Crippen molar-refractivity contribution >= 4 is 13.0 Å². The summed E-state index contributed by atoms with van der Waals surface area (Å²) in [5.41, 5.74) is 7.57. The van der Waals surface area contributed by atoms with E-state index < -0.39 is 13.2 Å². The zero-order valence-electron chi connectivity index (χ0n) is 21.4. The van der Waals surface area contributed by atoms with Gasteiger partial charge in [0.05, 0.1) is 23.7 Å². The zero-order chi connectivity index (χ0) is 24.8. The first-order chi connectivity index (χ1) is 16.7. The molecule has 2 bridgehead atoms. The van der Waals surface area contributed by atoms with Crippen molar-refractivity contribution in [3.05, 3.63) is 54.1 Å². The van der Waals surface area contributed by atoms with Crippen molar-refractivity contribution in [2.45, 2.75) is 83.0 Å². The second-order valence-electron chi connectivity index (χ2n) is 11.6. The van der Waals surface area contributed by atoms with Crippen molar-refractivity contribution in [2.75, 3.05) is 0 Å². The number of hydrogen-bond acceptors (Lipinski definition) is 5. The minimum Gasteiger partial charge on any atom is -0.404 e. The summed E-state index contributed by atoms with van der Waals surface area (Å²) >= 11 is 0. The third kappa shape index (κ3) is 4.56. The molecule has 3 saturated carbocycles. The summed E-state index contributed by atoms with van der Waals surface area (Å²) in [5.74, 6) is 1.53. The van der Waals surface area contributed by atoms with Crippen LogP contribution < -0.4 is 11.1 Å². The van der Waals surface area contributed by atoms with E-state index in [9.17, 15) is 4.79 Å². The summed E-state index contributed by atoms with van der Waals surface area (Å²) in [6.45, 7) is 6.94. The number of hydrogen-bond donors (Lipinski definition) is 2. The predicted molar refractivity (Wildman–Crippen MR) is 136 cm³/mol. The molecule has 7 nitrogen and oxygen atoms in total. The number of nitrogens with one attached hydrogen (secondary N) is 1. The van der Waals surface area contributed by atoms with Crippen LogP contribution in [-0.2, 0) is 34.0 Å². The molecule has 1 amide bonds. The van der Waals surface area contributed by atoms with E-state index in [0.29, 0.717) is 18.3 Å². The molecule has 4 aliphatic rings. The number of amides is 1. The highest BCUT2D eigenvalue weighted by Gasteiger charge is 2.68. The molecule has 2 heterocycles. The van der Waals surface area contributed by atoms with Crippen LogP contribution in [0, 0.1) is 17.3 Å². The van der Waals surface area contributed by atoms with Gasteiger partial charge in [0.25, 0.3) is 0 Å². The standard InChI is InChI=1S/C27H39BN4O3/c1-26(2)19-15-21(26)27(3)22(16-19)34-28(35-27)23(12-8-11-18-9-6-5-7-10-18)31-25(33)20(29)17-24-30-13-14-32(24)4/h5-7,9-10,13-14,19-23H,8,11-12,15-17,29H2,1-4H3,(H,31,33)/t19-,20?,21-,22+,23-,27-/m0/s1. The fourth-order valence-electron chi connectivity index (χ4n) is 6.69.